The summed E-state index contributed by atoms with van der Waals surface area (Å²) in [5, 5.41) is 2.58. The zero-order valence-electron chi connectivity index (χ0n) is 23.8. The molecule has 1 fully saturated rings. The summed E-state index contributed by atoms with van der Waals surface area (Å²) in [6.45, 7) is 11.3. The van der Waals surface area contributed by atoms with Gasteiger partial charge in [0.25, 0.3) is 11.8 Å². The summed E-state index contributed by atoms with van der Waals surface area (Å²) in [4.78, 5) is 35.1. The van der Waals surface area contributed by atoms with E-state index in [0.29, 0.717) is 23.7 Å². The van der Waals surface area contributed by atoms with Crippen LogP contribution in [0.1, 0.15) is 70.6 Å². The number of nitrogens with one attached hydrogen (secondary N) is 1. The second-order valence-electron chi connectivity index (χ2n) is 10.9. The molecule has 0 saturated carbocycles. The van der Waals surface area contributed by atoms with Gasteiger partial charge in [-0.2, -0.15) is 0 Å². The van der Waals surface area contributed by atoms with Crippen LogP contribution in [0.5, 0.6) is 0 Å². The van der Waals surface area contributed by atoms with Crippen LogP contribution in [0.15, 0.2) is 67.4 Å². The Labute approximate surface area is 241 Å². The summed E-state index contributed by atoms with van der Waals surface area (Å²) in [7, 11) is 0. The highest BCUT2D eigenvalue weighted by Crippen LogP contribution is 2.22. The number of hydrogen-bond acceptors (Lipinski definition) is 4. The Morgan fingerprint density at radius 3 is 2.34 bits per heavy atom. The van der Waals surface area contributed by atoms with Gasteiger partial charge in [0.05, 0.1) is 0 Å². The van der Waals surface area contributed by atoms with Gasteiger partial charge in [-0.25, -0.2) is 8.78 Å². The molecule has 1 N–H and O–H groups in total. The van der Waals surface area contributed by atoms with E-state index in [1.165, 1.54) is 6.07 Å². The topological polar surface area (TPSA) is 65.5 Å². The molecular weight excluding hydrogens is 522 g/mol. The highest BCUT2D eigenvalue weighted by atomic mass is 19.1. The van der Waals surface area contributed by atoms with Crippen molar-refractivity contribution in [1.29, 1.82) is 0 Å². The molecule has 3 aromatic rings. The van der Waals surface area contributed by atoms with Gasteiger partial charge in [-0.3, -0.25) is 14.6 Å². The molecule has 2 heterocycles. The lowest BCUT2D eigenvalue weighted by atomic mass is 10.00. The molecule has 0 atom stereocenters. The molecule has 0 spiro atoms. The number of likely N-dealkylation sites (tertiary alicyclic amines) is 1. The molecule has 41 heavy (non-hydrogen) atoms. The van der Waals surface area contributed by atoms with E-state index in [1.54, 1.807) is 30.5 Å². The Morgan fingerprint density at radius 2 is 1.76 bits per heavy atom. The lowest BCUT2D eigenvalue weighted by molar-refractivity contribution is 0.0540. The van der Waals surface area contributed by atoms with Gasteiger partial charge in [-0.1, -0.05) is 50.8 Å². The highest BCUT2D eigenvalue weighted by Gasteiger charge is 2.29. The number of aromatic nitrogens is 1. The number of amides is 2. The van der Waals surface area contributed by atoms with Crippen LogP contribution in [0, 0.1) is 17.6 Å². The van der Waals surface area contributed by atoms with Crippen molar-refractivity contribution in [2.45, 2.75) is 52.2 Å². The molecular formula is C33H38F2N4O2. The average Bonchev–Trinajstić information content (AvgIpc) is 2.99. The Kier molecular flexibility index (Phi) is 10.4. The van der Waals surface area contributed by atoms with Crippen molar-refractivity contribution in [1.82, 2.24) is 20.1 Å². The molecule has 2 aromatic carbocycles. The number of pyridine rings is 1. The Morgan fingerprint density at radius 1 is 1.07 bits per heavy atom. The van der Waals surface area contributed by atoms with Crippen LogP contribution < -0.4 is 5.32 Å². The summed E-state index contributed by atoms with van der Waals surface area (Å²) in [6.07, 6.45) is 6.25. The first-order valence-corrected chi connectivity index (χ1v) is 14.2. The predicted octanol–water partition coefficient (Wildman–Crippen LogP) is 6.09. The normalized spacial score (nSPS) is 14.2. The second kappa shape index (κ2) is 14.1. The van der Waals surface area contributed by atoms with Crippen LogP contribution >= 0.6 is 0 Å². The maximum Gasteiger partial charge on any atom is 0.272 e. The van der Waals surface area contributed by atoms with Crippen LogP contribution in [0.2, 0.25) is 0 Å². The van der Waals surface area contributed by atoms with Crippen LogP contribution in [-0.4, -0.2) is 52.3 Å². The standard InChI is InChI=1S/C33H38F2N4O2/c1-4-24-10-13-31(36-20-24)33(41)39(27-15-18-38(19-16-27)17-14-23(2)3)22-25-8-11-26(12-9-25)32(40)37-21-28-29(34)6-5-7-30(28)35/h4-13,20,23,27H,1,14-19,21-22H2,2-3H3,(H,37,40). The summed E-state index contributed by atoms with van der Waals surface area (Å²) < 4.78 is 27.8. The smallest absolute Gasteiger partial charge is 0.272 e. The van der Waals surface area contributed by atoms with Crippen LogP contribution in [-0.2, 0) is 13.1 Å². The maximum atomic E-state index is 13.9. The van der Waals surface area contributed by atoms with Crippen molar-refractivity contribution in [3.05, 3.63) is 107 Å². The molecule has 0 radical (unpaired) electrons. The summed E-state index contributed by atoms with van der Waals surface area (Å²) in [5.74, 6) is -1.32. The van der Waals surface area contributed by atoms with E-state index in [1.807, 2.05) is 23.1 Å². The molecule has 2 amide bonds. The van der Waals surface area contributed by atoms with E-state index in [4.69, 9.17) is 0 Å². The van der Waals surface area contributed by atoms with Crippen molar-refractivity contribution >= 4 is 17.9 Å². The van der Waals surface area contributed by atoms with E-state index >= 15 is 0 Å². The molecule has 1 aliphatic heterocycles. The van der Waals surface area contributed by atoms with E-state index < -0.39 is 17.5 Å². The Balaban J connectivity index is 1.45. The number of carbonyl (C=O) groups excluding carboxylic acids is 2. The minimum absolute atomic E-state index is 0.0670. The summed E-state index contributed by atoms with van der Waals surface area (Å²) >= 11 is 0. The number of benzene rings is 2. The second-order valence-corrected chi connectivity index (χ2v) is 10.9. The molecule has 1 aromatic heterocycles. The molecule has 0 bridgehead atoms. The SMILES string of the molecule is C=Cc1ccc(C(=O)N(Cc2ccc(C(=O)NCc3c(F)cccc3F)cc2)C2CCN(CCC(C)C)CC2)nc1. The fourth-order valence-corrected chi connectivity index (χ4v) is 4.99. The lowest BCUT2D eigenvalue weighted by Crippen LogP contribution is -2.47. The third-order valence-corrected chi connectivity index (χ3v) is 7.58. The van der Waals surface area contributed by atoms with E-state index in [-0.39, 0.29) is 24.1 Å². The first-order chi connectivity index (χ1) is 19.7. The fraction of sp³-hybridized carbons (Fsp3) is 0.364. The summed E-state index contributed by atoms with van der Waals surface area (Å²) in [5.41, 5.74) is 2.28. The fourth-order valence-electron chi connectivity index (χ4n) is 4.99. The van der Waals surface area contributed by atoms with Gasteiger partial charge < -0.3 is 15.1 Å². The number of nitrogens with zero attached hydrogens (tertiary/aromatic N) is 3. The van der Waals surface area contributed by atoms with Gasteiger partial charge >= 0.3 is 0 Å². The zero-order valence-corrected chi connectivity index (χ0v) is 23.8. The van der Waals surface area contributed by atoms with Crippen molar-refractivity contribution in [3.8, 4) is 0 Å². The van der Waals surface area contributed by atoms with Crippen LogP contribution in [0.25, 0.3) is 6.08 Å². The number of halogens is 2. The number of rotatable bonds is 11. The zero-order chi connectivity index (χ0) is 29.4. The van der Waals surface area contributed by atoms with Gasteiger partial charge in [0, 0.05) is 49.5 Å². The first-order valence-electron chi connectivity index (χ1n) is 14.2. The molecule has 0 aliphatic carbocycles. The molecule has 4 rings (SSSR count). The van der Waals surface area contributed by atoms with Crippen LogP contribution in [0.3, 0.4) is 0 Å². The van der Waals surface area contributed by atoms with Crippen molar-refractivity contribution in [2.24, 2.45) is 5.92 Å². The van der Waals surface area contributed by atoms with Gasteiger partial charge in [0.1, 0.15) is 17.3 Å². The molecule has 8 heteroatoms. The van der Waals surface area contributed by atoms with Gasteiger partial charge in [-0.05, 0) is 73.2 Å². The van der Waals surface area contributed by atoms with Gasteiger partial charge in [0.15, 0.2) is 0 Å². The number of hydrogen-bond donors (Lipinski definition) is 1. The molecule has 1 aliphatic rings. The lowest BCUT2D eigenvalue weighted by Gasteiger charge is -2.38. The van der Waals surface area contributed by atoms with E-state index in [0.717, 1.165) is 62.2 Å². The predicted molar refractivity (Wildman–Crippen MR) is 157 cm³/mol. The monoisotopic (exact) mass is 560 g/mol. The van der Waals surface area contributed by atoms with Gasteiger partial charge in [-0.15, -0.1) is 0 Å². The molecule has 0 unspecified atom stereocenters. The largest absolute Gasteiger partial charge is 0.348 e. The van der Waals surface area contributed by atoms with Gasteiger partial charge in [0.2, 0.25) is 0 Å². The summed E-state index contributed by atoms with van der Waals surface area (Å²) in [6, 6.07) is 14.2. The number of carbonyl (C=O) groups is 2. The minimum atomic E-state index is -0.704. The Bertz CT molecular complexity index is 1310. The van der Waals surface area contributed by atoms with E-state index in [9.17, 15) is 18.4 Å². The quantitative estimate of drug-likeness (QED) is 0.309. The van der Waals surface area contributed by atoms with Crippen molar-refractivity contribution in [2.75, 3.05) is 19.6 Å². The molecule has 216 valence electrons. The molecule has 6 nitrogen and oxygen atoms in total. The Hall–Kier alpha value is -3.91. The maximum absolute atomic E-state index is 13.9. The molecule has 1 saturated heterocycles. The van der Waals surface area contributed by atoms with E-state index in [2.05, 4.69) is 35.6 Å². The van der Waals surface area contributed by atoms with Crippen LogP contribution in [0.4, 0.5) is 8.78 Å². The van der Waals surface area contributed by atoms with Crippen molar-refractivity contribution in [3.63, 3.8) is 0 Å². The third-order valence-electron chi connectivity index (χ3n) is 7.58. The average molecular weight is 561 g/mol. The van der Waals surface area contributed by atoms with Crippen molar-refractivity contribution < 1.29 is 18.4 Å². The minimum Gasteiger partial charge on any atom is -0.348 e. The third kappa shape index (κ3) is 8.07. The first kappa shape index (κ1) is 30.1. The highest BCUT2D eigenvalue weighted by molar-refractivity contribution is 5.94. The number of piperidine rings is 1.